The largest absolute Gasteiger partial charge is 0.499 e. The summed E-state index contributed by atoms with van der Waals surface area (Å²) in [6, 6.07) is 50.0. The number of hydrogen-bond acceptors (Lipinski definition) is 1. The van der Waals surface area contributed by atoms with Crippen molar-refractivity contribution in [1.82, 2.24) is 4.57 Å². The van der Waals surface area contributed by atoms with Crippen molar-refractivity contribution in [3.8, 4) is 67.5 Å². The number of pyridine rings is 1. The molecule has 2 aromatic heterocycles. The molecular weight excluding hydrogens is 731 g/mol. The molecule has 0 radical (unpaired) electrons. The molecule has 0 saturated heterocycles. The average Bonchev–Trinajstić information content (AvgIpc) is 3.72. The molecule has 0 fully saturated rings. The van der Waals surface area contributed by atoms with Crippen LogP contribution in [0.2, 0.25) is 0 Å². The minimum absolute atomic E-state index is 0.0475. The van der Waals surface area contributed by atoms with E-state index in [0.717, 1.165) is 39.6 Å². The van der Waals surface area contributed by atoms with Gasteiger partial charge in [0, 0.05) is 28.8 Å². The third kappa shape index (κ3) is 4.85. The molecule has 3 aliphatic heterocycles. The van der Waals surface area contributed by atoms with Crippen LogP contribution in [0, 0.1) is 19.3 Å². The molecule has 5 heterocycles. The highest BCUT2D eigenvalue weighted by molar-refractivity contribution is 5.98. The maximum atomic E-state index is 7.84. The van der Waals surface area contributed by atoms with Crippen LogP contribution in [0.25, 0.3) is 72.7 Å². The highest BCUT2D eigenvalue weighted by Crippen LogP contribution is 2.55. The first-order chi connectivity index (χ1) is 28.6. The molecule has 1 unspecified atom stereocenters. The number of ether oxygens (including phenoxy) is 1. The van der Waals surface area contributed by atoms with Gasteiger partial charge in [-0.1, -0.05) is 134 Å². The van der Waals surface area contributed by atoms with Crippen molar-refractivity contribution in [2.24, 2.45) is 5.41 Å². The van der Waals surface area contributed by atoms with Gasteiger partial charge in [0.05, 0.1) is 5.56 Å². The summed E-state index contributed by atoms with van der Waals surface area (Å²) < 4.78 is 15.4. The van der Waals surface area contributed by atoms with Crippen LogP contribution in [0.1, 0.15) is 83.2 Å². The Labute approximate surface area is 354 Å². The summed E-state index contributed by atoms with van der Waals surface area (Å²) in [7, 11) is 0. The second-order valence-electron chi connectivity index (χ2n) is 20.0. The van der Waals surface area contributed by atoms with E-state index in [0.29, 0.717) is 0 Å². The molecule has 0 saturated carbocycles. The van der Waals surface area contributed by atoms with Crippen LogP contribution in [0.5, 0.6) is 5.75 Å². The Morgan fingerprint density at radius 2 is 1.25 bits per heavy atom. The smallest absolute Gasteiger partial charge is 0.392 e. The van der Waals surface area contributed by atoms with Gasteiger partial charge in [0.1, 0.15) is 16.8 Å². The topological polar surface area (TPSA) is 21.9 Å². The number of fused-ring (bicyclic) bond motifs is 5. The predicted molar refractivity (Wildman–Crippen MR) is 245 cm³/mol. The number of benzene rings is 6. The van der Waals surface area contributed by atoms with Gasteiger partial charge in [-0.3, -0.25) is 0 Å². The Morgan fingerprint density at radius 1 is 0.567 bits per heavy atom. The van der Waals surface area contributed by atoms with Gasteiger partial charge in [0.15, 0.2) is 23.0 Å². The summed E-state index contributed by atoms with van der Waals surface area (Å²) in [6.07, 6.45) is 2.28. The van der Waals surface area contributed by atoms with E-state index in [9.17, 15) is 0 Å². The maximum absolute atomic E-state index is 7.84. The first kappa shape index (κ1) is 36.8. The Hall–Kier alpha value is -6.26. The molecule has 11 rings (SSSR count). The van der Waals surface area contributed by atoms with E-state index in [1.54, 1.807) is 0 Å². The predicted octanol–water partition coefficient (Wildman–Crippen LogP) is 13.0. The second kappa shape index (κ2) is 12.2. The first-order valence-corrected chi connectivity index (χ1v) is 21.5. The standard InChI is InChI=1S/C56H53N3O/c1-34-28-35(2)51-45(29-34)52-58(46-25-24-39(55(9,10)54(6,7)8)31-42(46)37-20-15-12-16-21-37)47-23-17-22-41-43-32-40(53(3,4)5)33-44-48-30-38(36-18-13-11-14-19-36)26-27-57(48)56(60-51,49(43)44)59(52)50(41)47/h11-33H,1-10H3/q+2. The molecule has 4 nitrogen and oxygen atoms in total. The molecule has 0 aliphatic carbocycles. The van der Waals surface area contributed by atoms with Crippen LogP contribution in [0.15, 0.2) is 140 Å². The van der Waals surface area contributed by atoms with Gasteiger partial charge < -0.3 is 4.74 Å². The minimum Gasteiger partial charge on any atom is -0.392 e. The number of para-hydroxylation sites is 1. The van der Waals surface area contributed by atoms with Gasteiger partial charge in [0.25, 0.3) is 0 Å². The molecule has 4 heteroatoms. The summed E-state index contributed by atoms with van der Waals surface area (Å²) in [5.74, 6) is 1.02. The minimum atomic E-state index is -1.02. The van der Waals surface area contributed by atoms with Crippen molar-refractivity contribution in [2.45, 2.75) is 85.9 Å². The van der Waals surface area contributed by atoms with E-state index >= 15 is 0 Å². The zero-order valence-corrected chi connectivity index (χ0v) is 36.5. The van der Waals surface area contributed by atoms with Gasteiger partial charge in [-0.15, -0.1) is 9.13 Å². The van der Waals surface area contributed by atoms with E-state index in [-0.39, 0.29) is 16.2 Å². The summed E-state index contributed by atoms with van der Waals surface area (Å²) in [4.78, 5) is 0. The van der Waals surface area contributed by atoms with Crippen molar-refractivity contribution < 1.29 is 13.9 Å². The summed E-state index contributed by atoms with van der Waals surface area (Å²) in [5, 5.41) is 0. The summed E-state index contributed by atoms with van der Waals surface area (Å²) in [5.41, 5.74) is 20.2. The van der Waals surface area contributed by atoms with Gasteiger partial charge in [-0.05, 0) is 112 Å². The molecular formula is C56H53N3O+2. The van der Waals surface area contributed by atoms with Crippen LogP contribution in [0.4, 0.5) is 0 Å². The molecule has 1 atom stereocenters. The quantitative estimate of drug-likeness (QED) is 0.163. The zero-order valence-electron chi connectivity index (χ0n) is 36.5. The van der Waals surface area contributed by atoms with E-state index in [1.807, 2.05) is 0 Å². The summed E-state index contributed by atoms with van der Waals surface area (Å²) >= 11 is 0. The van der Waals surface area contributed by atoms with Gasteiger partial charge in [-0.2, -0.15) is 4.57 Å². The summed E-state index contributed by atoms with van der Waals surface area (Å²) in [6.45, 7) is 23.2. The van der Waals surface area contributed by atoms with E-state index in [2.05, 4.69) is 223 Å². The lowest BCUT2D eigenvalue weighted by atomic mass is 9.65. The number of imidazole rings is 1. The lowest BCUT2D eigenvalue weighted by Crippen LogP contribution is -2.78. The SMILES string of the molecule is Cc1cc(C)c2c(c1)-c1n(-c3ccc(C(C)(C)C(C)(C)C)cc3-c3ccccc3)c3cccc4c3[n+]1C1(O2)c2c-4cc(C(C)(C)C)cc2-c2cc(-c3ccccc3)cc[n+]21. The normalized spacial score (nSPS) is 16.0. The van der Waals surface area contributed by atoms with Crippen LogP contribution < -0.4 is 13.9 Å². The third-order valence-electron chi connectivity index (χ3n) is 14.3. The monoisotopic (exact) mass is 783 g/mol. The fourth-order valence-corrected chi connectivity index (χ4v) is 10.2. The maximum Gasteiger partial charge on any atom is 0.499 e. The van der Waals surface area contributed by atoms with Crippen LogP contribution in [-0.2, 0) is 16.7 Å². The second-order valence-corrected chi connectivity index (χ2v) is 20.0. The molecule has 0 bridgehead atoms. The highest BCUT2D eigenvalue weighted by Gasteiger charge is 2.69. The number of hydrogen-bond donors (Lipinski definition) is 0. The number of nitrogens with zero attached hydrogens (tertiary/aromatic N) is 3. The van der Waals surface area contributed by atoms with Crippen molar-refractivity contribution in [1.29, 1.82) is 0 Å². The zero-order chi connectivity index (χ0) is 41.7. The third-order valence-corrected chi connectivity index (χ3v) is 14.3. The van der Waals surface area contributed by atoms with E-state index < -0.39 is 5.85 Å². The number of rotatable bonds is 4. The molecule has 8 aromatic rings. The van der Waals surface area contributed by atoms with Crippen molar-refractivity contribution >= 4 is 11.0 Å². The Kier molecular flexibility index (Phi) is 7.46. The lowest BCUT2D eigenvalue weighted by Gasteiger charge is -2.39. The lowest BCUT2D eigenvalue weighted by molar-refractivity contribution is -0.997. The van der Waals surface area contributed by atoms with E-state index in [4.69, 9.17) is 4.74 Å². The van der Waals surface area contributed by atoms with Crippen molar-refractivity contribution in [3.05, 3.63) is 167 Å². The van der Waals surface area contributed by atoms with Gasteiger partial charge >= 0.3 is 11.7 Å². The fraction of sp³-hybridized carbons (Fsp3) is 0.250. The molecule has 0 amide bonds. The van der Waals surface area contributed by atoms with E-state index in [1.165, 1.54) is 66.7 Å². The molecule has 0 N–H and O–H groups in total. The Bertz CT molecular complexity index is 3120. The van der Waals surface area contributed by atoms with Crippen molar-refractivity contribution in [2.75, 3.05) is 0 Å². The molecule has 1 spiro atoms. The molecule has 3 aliphatic rings. The van der Waals surface area contributed by atoms with Crippen LogP contribution in [0.3, 0.4) is 0 Å². The van der Waals surface area contributed by atoms with Crippen LogP contribution in [-0.4, -0.2) is 4.57 Å². The number of aryl methyl sites for hydroxylation is 2. The Balaban J connectivity index is 1.33. The molecule has 296 valence electrons. The Morgan fingerprint density at radius 3 is 1.95 bits per heavy atom. The van der Waals surface area contributed by atoms with Crippen LogP contribution >= 0.6 is 0 Å². The molecule has 6 aromatic carbocycles. The van der Waals surface area contributed by atoms with Crippen molar-refractivity contribution in [3.63, 3.8) is 0 Å². The average molecular weight is 784 g/mol. The van der Waals surface area contributed by atoms with Gasteiger partial charge in [0.2, 0.25) is 5.69 Å². The first-order valence-electron chi connectivity index (χ1n) is 21.5. The van der Waals surface area contributed by atoms with Gasteiger partial charge in [-0.25, -0.2) is 0 Å². The molecule has 60 heavy (non-hydrogen) atoms. The fourth-order valence-electron chi connectivity index (χ4n) is 10.2. The number of aromatic nitrogens is 3. The highest BCUT2D eigenvalue weighted by atomic mass is 16.5.